The average molecular weight is 283 g/mol. The minimum atomic E-state index is 0.222. The fraction of sp³-hybridized carbons (Fsp3) is 0.400. The van der Waals surface area contributed by atoms with Crippen LogP contribution in [0.3, 0.4) is 0 Å². The van der Waals surface area contributed by atoms with Crippen molar-refractivity contribution in [1.29, 1.82) is 0 Å². The number of aromatic hydroxyl groups is 1. The van der Waals surface area contributed by atoms with Gasteiger partial charge in [0.15, 0.2) is 0 Å². The van der Waals surface area contributed by atoms with Crippen molar-refractivity contribution in [3.05, 3.63) is 30.3 Å². The summed E-state index contributed by atoms with van der Waals surface area (Å²) in [6.07, 6.45) is 0. The Kier molecular flexibility index (Phi) is 17.1. The van der Waals surface area contributed by atoms with Gasteiger partial charge >= 0.3 is 0 Å². The number of thiol groups is 4. The van der Waals surface area contributed by atoms with Crippen LogP contribution in [0.2, 0.25) is 0 Å². The molecule has 0 amide bonds. The highest BCUT2D eigenvalue weighted by atomic mass is 32.2. The Balaban J connectivity index is 0. The highest BCUT2D eigenvalue weighted by Gasteiger charge is 1.74. The van der Waals surface area contributed by atoms with E-state index in [0.717, 1.165) is 11.5 Å². The van der Waals surface area contributed by atoms with E-state index in [1.807, 2.05) is 13.0 Å². The number of rotatable bonds is 1. The van der Waals surface area contributed by atoms with Gasteiger partial charge < -0.3 is 5.11 Å². The highest BCUT2D eigenvalue weighted by molar-refractivity contribution is 7.99. The number of benzene rings is 1. The summed E-state index contributed by atoms with van der Waals surface area (Å²) in [7, 11) is 0. The Labute approximate surface area is 114 Å². The van der Waals surface area contributed by atoms with Gasteiger partial charge in [0.05, 0.1) is 0 Å². The Morgan fingerprint density at radius 3 is 1.53 bits per heavy atom. The normalized spacial score (nSPS) is 8.40. The Morgan fingerprint density at radius 1 is 1.07 bits per heavy atom. The molecule has 5 heteroatoms. The molecule has 0 aromatic heterocycles. The molecule has 0 aliphatic carbocycles. The second kappa shape index (κ2) is 14.4. The van der Waals surface area contributed by atoms with Crippen LogP contribution in [0.5, 0.6) is 5.75 Å². The molecule has 1 N–H and O–H groups in total. The molecule has 0 spiro atoms. The third-order valence-electron chi connectivity index (χ3n) is 0.856. The summed E-state index contributed by atoms with van der Waals surface area (Å²) in [6.45, 7) is 1.90. The minimum absolute atomic E-state index is 0.222. The van der Waals surface area contributed by atoms with Crippen molar-refractivity contribution in [1.82, 2.24) is 0 Å². The predicted molar refractivity (Wildman–Crippen MR) is 83.2 cm³/mol. The first kappa shape index (κ1) is 17.8. The van der Waals surface area contributed by atoms with Crippen LogP contribution in [0, 0.1) is 0 Å². The van der Waals surface area contributed by atoms with Crippen molar-refractivity contribution in [3.8, 4) is 5.75 Å². The van der Waals surface area contributed by atoms with Gasteiger partial charge in [-0.1, -0.05) is 18.2 Å². The zero-order valence-electron chi connectivity index (χ0n) is 8.61. The fourth-order valence-corrected chi connectivity index (χ4v) is 0.428. The fourth-order valence-electron chi connectivity index (χ4n) is 0.428. The van der Waals surface area contributed by atoms with Crippen LogP contribution in [0.25, 0.3) is 0 Å². The molecule has 0 saturated carbocycles. The van der Waals surface area contributed by atoms with Crippen molar-refractivity contribution >= 4 is 50.5 Å². The minimum Gasteiger partial charge on any atom is -0.508 e. The van der Waals surface area contributed by atoms with Crippen LogP contribution >= 0.6 is 50.5 Å². The molecule has 0 aliphatic rings. The van der Waals surface area contributed by atoms with Crippen molar-refractivity contribution in [2.45, 2.75) is 11.5 Å². The predicted octanol–water partition coefficient (Wildman–Crippen LogP) is 3.43. The van der Waals surface area contributed by atoms with E-state index in [2.05, 4.69) is 50.5 Å². The van der Waals surface area contributed by atoms with Crippen molar-refractivity contribution in [2.75, 3.05) is 11.5 Å². The topological polar surface area (TPSA) is 20.2 Å². The first-order chi connectivity index (χ1) is 7.04. The third-order valence-corrected chi connectivity index (χ3v) is 1.66. The molecular weight excluding hydrogens is 264 g/mol. The lowest BCUT2D eigenvalue weighted by atomic mass is 10.3. The van der Waals surface area contributed by atoms with E-state index in [1.54, 1.807) is 24.3 Å². The van der Waals surface area contributed by atoms with Crippen LogP contribution in [0.4, 0.5) is 0 Å². The molecule has 1 nitrogen and oxygen atoms in total. The van der Waals surface area contributed by atoms with E-state index in [4.69, 9.17) is 5.11 Å². The summed E-state index contributed by atoms with van der Waals surface area (Å²) in [5.74, 6) is 2.08. The summed E-state index contributed by atoms with van der Waals surface area (Å²) in [5.41, 5.74) is 0. The monoisotopic (exact) mass is 282 g/mol. The molecule has 0 aliphatic heterocycles. The smallest absolute Gasteiger partial charge is 0.115 e. The van der Waals surface area contributed by atoms with Gasteiger partial charge in [-0.15, -0.1) is 0 Å². The summed E-state index contributed by atoms with van der Waals surface area (Å²) in [5, 5.41) is 8.63. The lowest BCUT2D eigenvalue weighted by molar-refractivity contribution is 0.475. The van der Waals surface area contributed by atoms with Crippen molar-refractivity contribution in [2.24, 2.45) is 0 Å². The Bertz CT molecular complexity index is 199. The number of hydrogen-bond donors (Lipinski definition) is 5. The zero-order chi connectivity index (χ0) is 12.1. The molecule has 0 fully saturated rings. The van der Waals surface area contributed by atoms with Gasteiger partial charge in [-0.05, 0) is 30.6 Å². The Morgan fingerprint density at radius 2 is 1.40 bits per heavy atom. The van der Waals surface area contributed by atoms with Crippen molar-refractivity contribution < 1.29 is 5.11 Å². The Hall–Kier alpha value is 0.420. The largest absolute Gasteiger partial charge is 0.508 e. The van der Waals surface area contributed by atoms with Crippen LogP contribution in [0.15, 0.2) is 30.3 Å². The van der Waals surface area contributed by atoms with Crippen LogP contribution in [0.1, 0.15) is 6.92 Å². The summed E-state index contributed by atoms with van der Waals surface area (Å²) < 4.78 is 0.222. The van der Waals surface area contributed by atoms with Crippen LogP contribution in [-0.4, -0.2) is 21.2 Å². The van der Waals surface area contributed by atoms with E-state index in [9.17, 15) is 0 Å². The molecule has 1 aromatic carbocycles. The van der Waals surface area contributed by atoms with Crippen LogP contribution < -0.4 is 0 Å². The highest BCUT2D eigenvalue weighted by Crippen LogP contribution is 2.02. The molecule has 0 radical (unpaired) electrons. The molecule has 88 valence electrons. The number of para-hydroxylation sites is 1. The molecule has 0 atom stereocenters. The second-order valence-electron chi connectivity index (χ2n) is 2.41. The number of hydrogen-bond acceptors (Lipinski definition) is 5. The maximum atomic E-state index is 8.63. The second-order valence-corrected chi connectivity index (χ2v) is 5.27. The average Bonchev–Trinajstić information content (AvgIpc) is 2.18. The standard InChI is InChI=1S/C6H6O.2C2H6S2/c7-6-4-2-1-3-5-6;1-2(3)4;3-1-2-4/h1-5,7H;2-4H,1H3;3-4H,1-2H2. The quantitative estimate of drug-likeness (QED) is 0.395. The first-order valence-corrected chi connectivity index (χ1v) is 6.66. The van der Waals surface area contributed by atoms with Gasteiger partial charge in [0.2, 0.25) is 0 Å². The first-order valence-electron chi connectivity index (χ1n) is 4.36. The molecule has 0 unspecified atom stereocenters. The SMILES string of the molecule is CC(S)S.Oc1ccccc1.SCCS. The summed E-state index contributed by atoms with van der Waals surface area (Å²) >= 11 is 15.3. The lowest BCUT2D eigenvalue weighted by Crippen LogP contribution is -1.64. The summed E-state index contributed by atoms with van der Waals surface area (Å²) in [6, 6.07) is 8.71. The van der Waals surface area contributed by atoms with Gasteiger partial charge in [-0.25, -0.2) is 0 Å². The molecule has 15 heavy (non-hydrogen) atoms. The summed E-state index contributed by atoms with van der Waals surface area (Å²) in [4.78, 5) is 0. The third kappa shape index (κ3) is 25.1. The maximum absolute atomic E-state index is 8.63. The number of phenolic OH excluding ortho intramolecular Hbond substituents is 1. The van der Waals surface area contributed by atoms with Gasteiger partial charge in [-0.2, -0.15) is 50.5 Å². The van der Waals surface area contributed by atoms with Gasteiger partial charge in [0.25, 0.3) is 0 Å². The van der Waals surface area contributed by atoms with Gasteiger partial charge in [-0.3, -0.25) is 0 Å². The van der Waals surface area contributed by atoms with E-state index >= 15 is 0 Å². The zero-order valence-corrected chi connectivity index (χ0v) is 12.2. The van der Waals surface area contributed by atoms with Crippen LogP contribution in [-0.2, 0) is 0 Å². The van der Waals surface area contributed by atoms with E-state index in [1.165, 1.54) is 0 Å². The van der Waals surface area contributed by atoms with Gasteiger partial charge in [0.1, 0.15) is 5.75 Å². The van der Waals surface area contributed by atoms with E-state index in [0.29, 0.717) is 5.75 Å². The molecular formula is C10H18OS4. The maximum Gasteiger partial charge on any atom is 0.115 e. The molecule has 1 aromatic rings. The van der Waals surface area contributed by atoms with Crippen molar-refractivity contribution in [3.63, 3.8) is 0 Å². The number of phenols is 1. The van der Waals surface area contributed by atoms with E-state index in [-0.39, 0.29) is 4.58 Å². The molecule has 0 bridgehead atoms. The van der Waals surface area contributed by atoms with E-state index < -0.39 is 0 Å². The van der Waals surface area contributed by atoms with Gasteiger partial charge in [0, 0.05) is 4.58 Å². The molecule has 0 heterocycles. The lowest BCUT2D eigenvalue weighted by Gasteiger charge is -1.82. The molecule has 1 rings (SSSR count). The molecule has 0 saturated heterocycles.